The predicted molar refractivity (Wildman–Crippen MR) is 136 cm³/mol. The number of ether oxygens (including phenoxy) is 3. The molecule has 1 aliphatic rings. The highest BCUT2D eigenvalue weighted by Crippen LogP contribution is 2.29. The summed E-state index contributed by atoms with van der Waals surface area (Å²) in [6.45, 7) is 6.11. The second-order valence-electron chi connectivity index (χ2n) is 8.79. The number of thiazole rings is 1. The number of carbonyl (C=O) groups is 2. The van der Waals surface area contributed by atoms with Gasteiger partial charge in [-0.1, -0.05) is 26.7 Å². The maximum atomic E-state index is 13.3. The summed E-state index contributed by atoms with van der Waals surface area (Å²) in [4.78, 5) is 38.4. The quantitative estimate of drug-likeness (QED) is 0.555. The first-order valence-corrected chi connectivity index (χ1v) is 12.7. The Morgan fingerprint density at radius 1 is 1.20 bits per heavy atom. The number of hydrogen-bond acceptors (Lipinski definition) is 7. The van der Waals surface area contributed by atoms with Crippen molar-refractivity contribution in [3.05, 3.63) is 43.3 Å². The molecule has 35 heavy (non-hydrogen) atoms. The van der Waals surface area contributed by atoms with E-state index in [0.717, 1.165) is 30.6 Å². The Labute approximate surface area is 209 Å². The van der Waals surface area contributed by atoms with Gasteiger partial charge >= 0.3 is 5.97 Å². The molecular weight excluding hydrogens is 468 g/mol. The molecular formula is C26H34N2O6S. The van der Waals surface area contributed by atoms with E-state index in [0.29, 0.717) is 38.1 Å². The first-order chi connectivity index (χ1) is 16.8. The van der Waals surface area contributed by atoms with Crippen molar-refractivity contribution in [2.75, 3.05) is 20.8 Å². The molecule has 1 aromatic carbocycles. The van der Waals surface area contributed by atoms with E-state index in [-0.39, 0.29) is 30.7 Å². The molecule has 0 saturated heterocycles. The van der Waals surface area contributed by atoms with Gasteiger partial charge in [-0.3, -0.25) is 14.2 Å². The maximum absolute atomic E-state index is 13.3. The van der Waals surface area contributed by atoms with Gasteiger partial charge in [0, 0.05) is 17.7 Å². The van der Waals surface area contributed by atoms with Gasteiger partial charge in [0.25, 0.3) is 5.56 Å². The summed E-state index contributed by atoms with van der Waals surface area (Å²) in [5.74, 6) is 1.25. The second-order valence-corrected chi connectivity index (χ2v) is 9.85. The number of aromatic nitrogens is 1. The molecule has 0 unspecified atom stereocenters. The van der Waals surface area contributed by atoms with E-state index in [1.165, 1.54) is 17.8 Å². The summed E-state index contributed by atoms with van der Waals surface area (Å²) < 4.78 is 17.8. The van der Waals surface area contributed by atoms with Gasteiger partial charge in [0.1, 0.15) is 22.7 Å². The predicted octanol–water partition coefficient (Wildman–Crippen LogP) is 2.04. The van der Waals surface area contributed by atoms with Crippen molar-refractivity contribution in [2.24, 2.45) is 11.8 Å². The molecule has 1 saturated carbocycles. The van der Waals surface area contributed by atoms with E-state index < -0.39 is 5.97 Å². The van der Waals surface area contributed by atoms with E-state index >= 15 is 0 Å². The Morgan fingerprint density at radius 3 is 2.66 bits per heavy atom. The average molecular weight is 503 g/mol. The summed E-state index contributed by atoms with van der Waals surface area (Å²) in [6, 6.07) is 5.36. The van der Waals surface area contributed by atoms with Crippen molar-refractivity contribution < 1.29 is 23.8 Å². The summed E-state index contributed by atoms with van der Waals surface area (Å²) >= 11 is 1.13. The monoisotopic (exact) mass is 502 g/mol. The van der Waals surface area contributed by atoms with Crippen molar-refractivity contribution in [1.82, 2.24) is 9.88 Å². The molecule has 1 heterocycles. The molecule has 0 spiro atoms. The van der Waals surface area contributed by atoms with Crippen LogP contribution in [-0.2, 0) is 20.9 Å². The summed E-state index contributed by atoms with van der Waals surface area (Å²) in [5, 5.41) is 3.10. The number of rotatable bonds is 8. The third-order valence-electron chi connectivity index (χ3n) is 6.55. The zero-order valence-corrected chi connectivity index (χ0v) is 21.8. The van der Waals surface area contributed by atoms with E-state index in [1.807, 2.05) is 0 Å². The minimum absolute atomic E-state index is 0.0765. The molecule has 8 nitrogen and oxygen atoms in total. The molecule has 1 aromatic heterocycles. The fourth-order valence-electron chi connectivity index (χ4n) is 4.34. The van der Waals surface area contributed by atoms with Gasteiger partial charge in [0.15, 0.2) is 0 Å². The van der Waals surface area contributed by atoms with Gasteiger partial charge in [0.2, 0.25) is 5.91 Å². The number of benzene rings is 1. The van der Waals surface area contributed by atoms with Crippen LogP contribution in [-0.4, -0.2) is 43.3 Å². The largest absolute Gasteiger partial charge is 0.497 e. The molecule has 0 radical (unpaired) electrons. The van der Waals surface area contributed by atoms with Crippen LogP contribution in [0.15, 0.2) is 23.0 Å². The van der Waals surface area contributed by atoms with Crippen LogP contribution in [0.2, 0.25) is 0 Å². The van der Waals surface area contributed by atoms with Crippen LogP contribution in [0, 0.1) is 11.8 Å². The fraction of sp³-hybridized carbons (Fsp3) is 0.500. The van der Waals surface area contributed by atoms with Crippen LogP contribution in [0.25, 0.3) is 12.2 Å². The molecule has 0 aliphatic heterocycles. The van der Waals surface area contributed by atoms with E-state index in [2.05, 4.69) is 19.2 Å². The van der Waals surface area contributed by atoms with Gasteiger partial charge in [-0.15, -0.1) is 11.3 Å². The normalized spacial score (nSPS) is 21.0. The Balaban J connectivity index is 1.99. The smallest absolute Gasteiger partial charge is 0.333 e. The highest BCUT2D eigenvalue weighted by Gasteiger charge is 2.28. The molecule has 3 rings (SSSR count). The molecule has 2 aromatic rings. The van der Waals surface area contributed by atoms with E-state index in [4.69, 9.17) is 14.2 Å². The highest BCUT2D eigenvalue weighted by atomic mass is 32.1. The first-order valence-electron chi connectivity index (χ1n) is 11.9. The lowest BCUT2D eigenvalue weighted by molar-refractivity contribution is -0.135. The lowest BCUT2D eigenvalue weighted by atomic mass is 9.78. The summed E-state index contributed by atoms with van der Waals surface area (Å²) in [7, 11) is 3.10. The van der Waals surface area contributed by atoms with Gasteiger partial charge in [0.05, 0.1) is 31.4 Å². The van der Waals surface area contributed by atoms with Gasteiger partial charge in [-0.2, -0.15) is 0 Å². The minimum atomic E-state index is -0.564. The van der Waals surface area contributed by atoms with Crippen LogP contribution < -0.4 is 29.5 Å². The number of amides is 1. The average Bonchev–Trinajstić information content (AvgIpc) is 3.11. The van der Waals surface area contributed by atoms with Crippen LogP contribution in [0.3, 0.4) is 0 Å². The zero-order chi connectivity index (χ0) is 25.5. The Hall–Kier alpha value is -3.07. The van der Waals surface area contributed by atoms with Crippen LogP contribution in [0.4, 0.5) is 0 Å². The first kappa shape index (κ1) is 26.5. The Kier molecular flexibility index (Phi) is 9.14. The van der Waals surface area contributed by atoms with Crippen molar-refractivity contribution in [2.45, 2.75) is 52.6 Å². The van der Waals surface area contributed by atoms with Crippen LogP contribution >= 0.6 is 11.3 Å². The van der Waals surface area contributed by atoms with Crippen molar-refractivity contribution in [3.63, 3.8) is 0 Å². The Bertz CT molecular complexity index is 1230. The van der Waals surface area contributed by atoms with E-state index in [9.17, 15) is 14.4 Å². The molecule has 9 heteroatoms. The number of hydrogen-bond donors (Lipinski definition) is 1. The molecule has 190 valence electrons. The van der Waals surface area contributed by atoms with Crippen LogP contribution in [0.1, 0.15) is 45.6 Å². The molecule has 1 amide bonds. The molecule has 0 bridgehead atoms. The second kappa shape index (κ2) is 12.1. The third kappa shape index (κ3) is 6.54. The van der Waals surface area contributed by atoms with E-state index in [1.54, 1.807) is 38.3 Å². The molecule has 3 atom stereocenters. The number of nitrogens with zero attached hydrogens (tertiary/aromatic N) is 1. The minimum Gasteiger partial charge on any atom is -0.497 e. The highest BCUT2D eigenvalue weighted by molar-refractivity contribution is 7.07. The van der Waals surface area contributed by atoms with Crippen LogP contribution in [0.5, 0.6) is 11.5 Å². The molecule has 1 N–H and O–H groups in total. The van der Waals surface area contributed by atoms with Crippen molar-refractivity contribution in [1.29, 1.82) is 0 Å². The van der Waals surface area contributed by atoms with Gasteiger partial charge in [-0.05, 0) is 43.4 Å². The lowest BCUT2D eigenvalue weighted by Gasteiger charge is -2.34. The maximum Gasteiger partial charge on any atom is 0.333 e. The number of nitrogens with one attached hydrogen (secondary N) is 1. The van der Waals surface area contributed by atoms with Crippen molar-refractivity contribution in [3.8, 4) is 11.5 Å². The van der Waals surface area contributed by atoms with Gasteiger partial charge < -0.3 is 19.5 Å². The fourth-order valence-corrected chi connectivity index (χ4v) is 5.36. The Morgan fingerprint density at radius 2 is 1.97 bits per heavy atom. The molecule has 1 fully saturated rings. The zero-order valence-electron chi connectivity index (χ0n) is 21.0. The summed E-state index contributed by atoms with van der Waals surface area (Å²) in [5.41, 5.74) is 0.319. The van der Waals surface area contributed by atoms with Gasteiger partial charge in [-0.25, -0.2) is 4.79 Å². The lowest BCUT2D eigenvalue weighted by Crippen LogP contribution is -2.46. The number of carbonyl (C=O) groups excluding carboxylic acids is 2. The SMILES string of the molecule is CCOC(=O)/C=c1\s/c(=C/c2ccc(OC)cc2OC)c(=O)n1CC(=O)N[C@@H]1CCC[C@H](C)[C@@H]1C. The summed E-state index contributed by atoms with van der Waals surface area (Å²) in [6.07, 6.45) is 6.10. The topological polar surface area (TPSA) is 95.9 Å². The number of methoxy groups -OCH3 is 2. The standard InChI is InChI=1S/C26H34N2O6S/c1-6-34-25(30)14-24-28(15-23(29)27-20-9-7-8-16(2)17(20)3)26(31)22(35-24)12-18-10-11-19(32-4)13-21(18)33-5/h10-14,16-17,20H,6-9,15H2,1-5H3,(H,27,29)/b22-12+,24-14-/t16-,17-,20+/m0/s1. The third-order valence-corrected chi connectivity index (χ3v) is 7.61. The number of esters is 1. The van der Waals surface area contributed by atoms with Crippen molar-refractivity contribution >= 4 is 35.4 Å². The molecule has 1 aliphatic carbocycles.